The summed E-state index contributed by atoms with van der Waals surface area (Å²) >= 11 is 0. The molecular formula is C20H26N4O4. The number of carbonyl (C=O) groups excluding carboxylic acids is 1. The number of carbonyl (C=O) groups is 2. The third kappa shape index (κ3) is 5.60. The molecule has 0 aliphatic heterocycles. The molecule has 2 aromatic rings. The van der Waals surface area contributed by atoms with Gasteiger partial charge < -0.3 is 25.8 Å². The number of hydrogen-bond donors (Lipinski definition) is 4. The van der Waals surface area contributed by atoms with Crippen LogP contribution in [0.25, 0.3) is 11.1 Å². The van der Waals surface area contributed by atoms with Gasteiger partial charge in [0.05, 0.1) is 7.11 Å². The largest absolute Gasteiger partial charge is 0.496 e. The zero-order chi connectivity index (χ0) is 20.7. The van der Waals surface area contributed by atoms with Crippen LogP contribution in [0.1, 0.15) is 20.3 Å². The van der Waals surface area contributed by atoms with Gasteiger partial charge in [-0.05, 0) is 42.2 Å². The standard InChI is InChI=1S/C20H26N4O4/c1-12(2)9-16(24-20(26)27)19(25)23-14-5-6-15(17(11-14)28-4)13-7-8-22-18(10-13)21-3/h5-8,10-12,16,24H,9H2,1-4H3,(H,21,22)(H,23,25)(H,26,27). The molecular weight excluding hydrogens is 360 g/mol. The molecule has 1 atom stereocenters. The van der Waals surface area contributed by atoms with E-state index in [-0.39, 0.29) is 5.92 Å². The molecule has 0 saturated heterocycles. The van der Waals surface area contributed by atoms with Crippen molar-refractivity contribution in [2.45, 2.75) is 26.3 Å². The SMILES string of the molecule is CNc1cc(-c2ccc(NC(=O)C(CC(C)C)NC(=O)O)cc2OC)ccn1. The van der Waals surface area contributed by atoms with Crippen molar-refractivity contribution in [3.8, 4) is 16.9 Å². The molecule has 1 aromatic heterocycles. The number of rotatable bonds is 8. The zero-order valence-electron chi connectivity index (χ0n) is 16.4. The number of ether oxygens (including phenoxy) is 1. The quantitative estimate of drug-likeness (QED) is 0.553. The van der Waals surface area contributed by atoms with Gasteiger partial charge in [0.25, 0.3) is 0 Å². The Labute approximate surface area is 164 Å². The van der Waals surface area contributed by atoms with E-state index in [2.05, 4.69) is 20.9 Å². The van der Waals surface area contributed by atoms with Crippen molar-refractivity contribution in [1.29, 1.82) is 0 Å². The Kier molecular flexibility index (Phi) is 7.20. The van der Waals surface area contributed by atoms with Gasteiger partial charge in [-0.15, -0.1) is 0 Å². The summed E-state index contributed by atoms with van der Waals surface area (Å²) in [7, 11) is 3.35. The number of benzene rings is 1. The molecule has 0 aliphatic carbocycles. The van der Waals surface area contributed by atoms with Gasteiger partial charge >= 0.3 is 6.09 Å². The lowest BCUT2D eigenvalue weighted by Crippen LogP contribution is -2.44. The van der Waals surface area contributed by atoms with Crippen LogP contribution < -0.4 is 20.7 Å². The second-order valence-electron chi connectivity index (χ2n) is 6.72. The highest BCUT2D eigenvalue weighted by Crippen LogP contribution is 2.33. The van der Waals surface area contributed by atoms with E-state index in [9.17, 15) is 9.59 Å². The molecule has 2 amide bonds. The fourth-order valence-electron chi connectivity index (χ4n) is 2.82. The van der Waals surface area contributed by atoms with E-state index >= 15 is 0 Å². The highest BCUT2D eigenvalue weighted by atomic mass is 16.5. The number of amides is 2. The Bertz CT molecular complexity index is 839. The zero-order valence-corrected chi connectivity index (χ0v) is 16.4. The van der Waals surface area contributed by atoms with E-state index in [1.165, 1.54) is 0 Å². The molecule has 1 aromatic carbocycles. The summed E-state index contributed by atoms with van der Waals surface area (Å²) in [6.07, 6.45) is 0.869. The molecule has 28 heavy (non-hydrogen) atoms. The van der Waals surface area contributed by atoms with Crippen molar-refractivity contribution in [3.63, 3.8) is 0 Å². The first kappa shape index (κ1) is 21.0. The Morgan fingerprint density at radius 2 is 1.96 bits per heavy atom. The van der Waals surface area contributed by atoms with Gasteiger partial charge in [0, 0.05) is 30.6 Å². The average Bonchev–Trinajstić information content (AvgIpc) is 2.66. The van der Waals surface area contributed by atoms with Crippen LogP contribution in [0.5, 0.6) is 5.75 Å². The number of nitrogens with one attached hydrogen (secondary N) is 3. The predicted molar refractivity (Wildman–Crippen MR) is 109 cm³/mol. The van der Waals surface area contributed by atoms with Crippen molar-refractivity contribution in [3.05, 3.63) is 36.5 Å². The fraction of sp³-hybridized carbons (Fsp3) is 0.350. The number of nitrogens with zero attached hydrogens (tertiary/aromatic N) is 1. The number of hydrogen-bond acceptors (Lipinski definition) is 5. The molecule has 0 fully saturated rings. The number of pyridine rings is 1. The first-order chi connectivity index (χ1) is 13.3. The second-order valence-corrected chi connectivity index (χ2v) is 6.72. The first-order valence-corrected chi connectivity index (χ1v) is 8.96. The van der Waals surface area contributed by atoms with Crippen LogP contribution in [0.4, 0.5) is 16.3 Å². The second kappa shape index (κ2) is 9.59. The van der Waals surface area contributed by atoms with Crippen molar-refractivity contribution < 1.29 is 19.4 Å². The van der Waals surface area contributed by atoms with E-state index in [0.29, 0.717) is 17.9 Å². The molecule has 0 radical (unpaired) electrons. The van der Waals surface area contributed by atoms with Gasteiger partial charge in [0.1, 0.15) is 17.6 Å². The van der Waals surface area contributed by atoms with Gasteiger partial charge in [-0.2, -0.15) is 0 Å². The van der Waals surface area contributed by atoms with Crippen molar-refractivity contribution in [2.75, 3.05) is 24.8 Å². The van der Waals surface area contributed by atoms with Crippen LogP contribution in [-0.4, -0.2) is 42.3 Å². The third-order valence-electron chi connectivity index (χ3n) is 4.12. The Morgan fingerprint density at radius 1 is 1.21 bits per heavy atom. The number of methoxy groups -OCH3 is 1. The summed E-state index contributed by atoms with van der Waals surface area (Å²) < 4.78 is 5.48. The summed E-state index contributed by atoms with van der Waals surface area (Å²) in [5, 5.41) is 17.0. The van der Waals surface area contributed by atoms with Gasteiger partial charge in [-0.3, -0.25) is 4.79 Å². The van der Waals surface area contributed by atoms with Crippen molar-refractivity contribution in [1.82, 2.24) is 10.3 Å². The lowest BCUT2D eigenvalue weighted by Gasteiger charge is -2.19. The Balaban J connectivity index is 2.24. The summed E-state index contributed by atoms with van der Waals surface area (Å²) in [6, 6.07) is 8.23. The highest BCUT2D eigenvalue weighted by Gasteiger charge is 2.22. The molecule has 2 rings (SSSR count). The summed E-state index contributed by atoms with van der Waals surface area (Å²) in [5.41, 5.74) is 2.29. The van der Waals surface area contributed by atoms with Crippen molar-refractivity contribution in [2.24, 2.45) is 5.92 Å². The molecule has 8 nitrogen and oxygen atoms in total. The monoisotopic (exact) mass is 386 g/mol. The molecule has 0 aliphatic rings. The lowest BCUT2D eigenvalue weighted by atomic mass is 10.0. The van der Waals surface area contributed by atoms with Gasteiger partial charge in [-0.25, -0.2) is 9.78 Å². The minimum Gasteiger partial charge on any atom is -0.496 e. The topological polar surface area (TPSA) is 113 Å². The van der Waals surface area contributed by atoms with E-state index in [4.69, 9.17) is 9.84 Å². The van der Waals surface area contributed by atoms with Gasteiger partial charge in [-0.1, -0.05) is 13.8 Å². The predicted octanol–water partition coefficient (Wildman–Crippen LogP) is 3.42. The summed E-state index contributed by atoms with van der Waals surface area (Å²) in [4.78, 5) is 27.7. The average molecular weight is 386 g/mol. The molecule has 4 N–H and O–H groups in total. The van der Waals surface area contributed by atoms with Gasteiger partial charge in [0.15, 0.2) is 0 Å². The number of carboxylic acid groups (broad SMARTS) is 1. The molecule has 1 heterocycles. The maximum Gasteiger partial charge on any atom is 0.405 e. The fourth-order valence-corrected chi connectivity index (χ4v) is 2.82. The maximum atomic E-state index is 12.5. The smallest absolute Gasteiger partial charge is 0.405 e. The first-order valence-electron chi connectivity index (χ1n) is 8.96. The Hall–Kier alpha value is -3.29. The molecule has 1 unspecified atom stereocenters. The molecule has 0 spiro atoms. The minimum absolute atomic E-state index is 0.160. The van der Waals surface area contributed by atoms with Gasteiger partial charge in [0.2, 0.25) is 5.91 Å². The van der Waals surface area contributed by atoms with Crippen LogP contribution >= 0.6 is 0 Å². The van der Waals surface area contributed by atoms with E-state index in [1.54, 1.807) is 32.5 Å². The lowest BCUT2D eigenvalue weighted by molar-refractivity contribution is -0.118. The van der Waals surface area contributed by atoms with Crippen LogP contribution in [0.2, 0.25) is 0 Å². The normalized spacial score (nSPS) is 11.6. The van der Waals surface area contributed by atoms with Crippen LogP contribution in [-0.2, 0) is 4.79 Å². The molecule has 150 valence electrons. The van der Waals surface area contributed by atoms with Crippen LogP contribution in [0, 0.1) is 5.92 Å². The van der Waals surface area contributed by atoms with Crippen LogP contribution in [0.15, 0.2) is 36.5 Å². The molecule has 0 saturated carbocycles. The third-order valence-corrected chi connectivity index (χ3v) is 4.12. The van der Waals surface area contributed by atoms with Crippen molar-refractivity contribution >= 4 is 23.5 Å². The number of aromatic nitrogens is 1. The van der Waals surface area contributed by atoms with E-state index in [1.807, 2.05) is 32.0 Å². The Morgan fingerprint density at radius 3 is 2.57 bits per heavy atom. The molecule has 8 heteroatoms. The number of anilines is 2. The van der Waals surface area contributed by atoms with E-state index in [0.717, 1.165) is 16.9 Å². The molecule has 0 bridgehead atoms. The van der Waals surface area contributed by atoms with Crippen LogP contribution in [0.3, 0.4) is 0 Å². The summed E-state index contributed by atoms with van der Waals surface area (Å²) in [6.45, 7) is 3.85. The van der Waals surface area contributed by atoms with E-state index < -0.39 is 18.0 Å². The minimum atomic E-state index is -1.23. The maximum absolute atomic E-state index is 12.5. The highest BCUT2D eigenvalue weighted by molar-refractivity contribution is 5.97. The summed E-state index contributed by atoms with van der Waals surface area (Å²) in [5.74, 6) is 1.06.